The first-order chi connectivity index (χ1) is 7.03. The smallest absolute Gasteiger partial charge is 0.278 e. The third-order valence-corrected chi connectivity index (χ3v) is 1.99. The minimum atomic E-state index is -1.67. The van der Waals surface area contributed by atoms with E-state index in [1.54, 1.807) is 0 Å². The molecular formula is C9H12N4OSi. The second-order valence-electron chi connectivity index (χ2n) is 3.84. The van der Waals surface area contributed by atoms with Gasteiger partial charge in [-0.15, -0.1) is 5.16 Å². The van der Waals surface area contributed by atoms with Gasteiger partial charge < -0.3 is 4.53 Å². The lowest BCUT2D eigenvalue weighted by Crippen LogP contribution is -2.22. The number of nitriles is 1. The molecule has 1 heterocycles. The standard InChI is InChI=1S/C9H12N4OSi/c1-15(2,3)14-13-7-9-8(6-10)11-4-5-12-9/h4-5,7H,1-3H3. The van der Waals surface area contributed by atoms with E-state index < -0.39 is 8.32 Å². The summed E-state index contributed by atoms with van der Waals surface area (Å²) >= 11 is 0. The highest BCUT2D eigenvalue weighted by Gasteiger charge is 2.15. The molecule has 0 radical (unpaired) electrons. The van der Waals surface area contributed by atoms with Crippen LogP contribution in [0.4, 0.5) is 0 Å². The van der Waals surface area contributed by atoms with E-state index in [0.29, 0.717) is 5.69 Å². The zero-order valence-corrected chi connectivity index (χ0v) is 9.93. The number of hydrogen-bond acceptors (Lipinski definition) is 5. The molecule has 0 saturated heterocycles. The number of rotatable bonds is 3. The van der Waals surface area contributed by atoms with Crippen molar-refractivity contribution in [2.75, 3.05) is 0 Å². The predicted octanol–water partition coefficient (Wildman–Crippen LogP) is 1.53. The second-order valence-corrected chi connectivity index (χ2v) is 8.25. The van der Waals surface area contributed by atoms with Crippen LogP contribution in [-0.4, -0.2) is 24.5 Å². The molecule has 0 unspecified atom stereocenters. The maximum absolute atomic E-state index is 8.73. The van der Waals surface area contributed by atoms with Crippen molar-refractivity contribution >= 4 is 14.5 Å². The maximum atomic E-state index is 8.73. The van der Waals surface area contributed by atoms with E-state index >= 15 is 0 Å². The van der Waals surface area contributed by atoms with Gasteiger partial charge in [0, 0.05) is 12.4 Å². The molecule has 0 aromatic carbocycles. The number of oxime groups is 1. The first kappa shape index (κ1) is 11.3. The Bertz CT molecular complexity index is 405. The van der Waals surface area contributed by atoms with Crippen LogP contribution < -0.4 is 0 Å². The van der Waals surface area contributed by atoms with Gasteiger partial charge in [-0.25, -0.2) is 4.98 Å². The largest absolute Gasteiger partial charge is 0.456 e. The Hall–Kier alpha value is -1.74. The van der Waals surface area contributed by atoms with Gasteiger partial charge in [0.2, 0.25) is 0 Å². The summed E-state index contributed by atoms with van der Waals surface area (Å²) < 4.78 is 5.26. The number of aromatic nitrogens is 2. The summed E-state index contributed by atoms with van der Waals surface area (Å²) in [5, 5.41) is 12.5. The highest BCUT2D eigenvalue weighted by Crippen LogP contribution is 2.03. The van der Waals surface area contributed by atoms with Gasteiger partial charge in [0.05, 0.1) is 6.21 Å². The first-order valence-corrected chi connectivity index (χ1v) is 7.86. The minimum absolute atomic E-state index is 0.250. The molecule has 0 aliphatic carbocycles. The van der Waals surface area contributed by atoms with E-state index in [0.717, 1.165) is 0 Å². The summed E-state index contributed by atoms with van der Waals surface area (Å²) in [7, 11) is -1.67. The first-order valence-electron chi connectivity index (χ1n) is 4.45. The van der Waals surface area contributed by atoms with Crippen LogP contribution in [0.15, 0.2) is 17.5 Å². The van der Waals surface area contributed by atoms with E-state index in [-0.39, 0.29) is 5.69 Å². The van der Waals surface area contributed by atoms with Crippen LogP contribution in [0.5, 0.6) is 0 Å². The average Bonchev–Trinajstić information content (AvgIpc) is 2.16. The van der Waals surface area contributed by atoms with Gasteiger partial charge >= 0.3 is 0 Å². The van der Waals surface area contributed by atoms with Crippen LogP contribution in [0.3, 0.4) is 0 Å². The Labute approximate surface area is 89.6 Å². The van der Waals surface area contributed by atoms with Gasteiger partial charge in [0.25, 0.3) is 8.32 Å². The molecule has 0 atom stereocenters. The third-order valence-electron chi connectivity index (χ3n) is 1.33. The van der Waals surface area contributed by atoms with Crippen molar-refractivity contribution in [3.63, 3.8) is 0 Å². The minimum Gasteiger partial charge on any atom is -0.456 e. The van der Waals surface area contributed by atoms with Gasteiger partial charge in [-0.3, -0.25) is 4.98 Å². The summed E-state index contributed by atoms with van der Waals surface area (Å²) in [6.45, 7) is 6.06. The molecule has 0 N–H and O–H groups in total. The molecule has 78 valence electrons. The maximum Gasteiger partial charge on any atom is 0.278 e. The molecule has 5 nitrogen and oxygen atoms in total. The van der Waals surface area contributed by atoms with E-state index in [1.807, 2.05) is 25.7 Å². The molecule has 1 aromatic rings. The molecule has 0 bridgehead atoms. The molecule has 0 fully saturated rings. The lowest BCUT2D eigenvalue weighted by Gasteiger charge is -2.11. The Balaban J connectivity index is 2.77. The van der Waals surface area contributed by atoms with Crippen molar-refractivity contribution in [1.29, 1.82) is 5.26 Å². The Morgan fingerprint density at radius 2 is 2.07 bits per heavy atom. The van der Waals surface area contributed by atoms with E-state index in [2.05, 4.69) is 15.1 Å². The fourth-order valence-corrected chi connectivity index (χ4v) is 1.13. The SMILES string of the molecule is C[Si](C)(C)ON=Cc1nccnc1C#N. The van der Waals surface area contributed by atoms with Crippen LogP contribution in [0.2, 0.25) is 19.6 Å². The Kier molecular flexibility index (Phi) is 3.52. The van der Waals surface area contributed by atoms with Gasteiger partial charge in [-0.1, -0.05) is 0 Å². The van der Waals surface area contributed by atoms with Gasteiger partial charge in [0.15, 0.2) is 5.69 Å². The summed E-state index contributed by atoms with van der Waals surface area (Å²) in [6.07, 6.45) is 4.40. The summed E-state index contributed by atoms with van der Waals surface area (Å²) in [6, 6.07) is 1.93. The summed E-state index contributed by atoms with van der Waals surface area (Å²) in [5.41, 5.74) is 0.679. The average molecular weight is 220 g/mol. The molecule has 6 heteroatoms. The zero-order valence-electron chi connectivity index (χ0n) is 8.93. The van der Waals surface area contributed by atoms with Crippen LogP contribution in [-0.2, 0) is 4.53 Å². The summed E-state index contributed by atoms with van der Waals surface area (Å²) in [4.78, 5) is 7.82. The van der Waals surface area contributed by atoms with Crippen LogP contribution in [0, 0.1) is 11.3 Å². The molecule has 0 saturated carbocycles. The molecule has 0 spiro atoms. The quantitative estimate of drug-likeness (QED) is 0.440. The molecule has 15 heavy (non-hydrogen) atoms. The molecule has 1 rings (SSSR count). The highest BCUT2D eigenvalue weighted by molar-refractivity contribution is 6.69. The van der Waals surface area contributed by atoms with Crippen molar-refractivity contribution in [2.24, 2.45) is 5.16 Å². The van der Waals surface area contributed by atoms with E-state index in [1.165, 1.54) is 18.6 Å². The lowest BCUT2D eigenvalue weighted by atomic mass is 10.3. The van der Waals surface area contributed by atoms with Crippen molar-refractivity contribution in [1.82, 2.24) is 9.97 Å². The molecule has 0 aliphatic heterocycles. The van der Waals surface area contributed by atoms with Crippen LogP contribution in [0.25, 0.3) is 0 Å². The number of nitrogens with zero attached hydrogens (tertiary/aromatic N) is 4. The van der Waals surface area contributed by atoms with Gasteiger partial charge in [-0.2, -0.15) is 5.26 Å². The lowest BCUT2D eigenvalue weighted by molar-refractivity contribution is 0.338. The van der Waals surface area contributed by atoms with Gasteiger partial charge in [0.1, 0.15) is 11.8 Å². The van der Waals surface area contributed by atoms with Crippen molar-refractivity contribution in [3.05, 3.63) is 23.8 Å². The van der Waals surface area contributed by atoms with E-state index in [9.17, 15) is 0 Å². The molecule has 1 aromatic heterocycles. The highest BCUT2D eigenvalue weighted by atomic mass is 28.4. The second kappa shape index (κ2) is 4.66. The van der Waals surface area contributed by atoms with Gasteiger partial charge in [-0.05, 0) is 19.6 Å². The summed E-state index contributed by atoms with van der Waals surface area (Å²) in [5.74, 6) is 0. The molecular weight excluding hydrogens is 208 g/mol. The predicted molar refractivity (Wildman–Crippen MR) is 58.8 cm³/mol. The zero-order chi connectivity index (χ0) is 11.3. The van der Waals surface area contributed by atoms with Crippen molar-refractivity contribution < 1.29 is 4.53 Å². The van der Waals surface area contributed by atoms with Crippen molar-refractivity contribution in [3.8, 4) is 6.07 Å². The third kappa shape index (κ3) is 3.87. The topological polar surface area (TPSA) is 71.2 Å². The normalized spacial score (nSPS) is 11.3. The fraction of sp³-hybridized carbons (Fsp3) is 0.333. The number of hydrogen-bond donors (Lipinski definition) is 0. The monoisotopic (exact) mass is 220 g/mol. The molecule has 0 amide bonds. The Morgan fingerprint density at radius 1 is 1.40 bits per heavy atom. The van der Waals surface area contributed by atoms with Crippen LogP contribution >= 0.6 is 0 Å². The Morgan fingerprint density at radius 3 is 2.67 bits per heavy atom. The fourth-order valence-electron chi connectivity index (χ4n) is 0.764. The molecule has 0 aliphatic rings. The van der Waals surface area contributed by atoms with Crippen LogP contribution in [0.1, 0.15) is 11.4 Å². The van der Waals surface area contributed by atoms with Crippen molar-refractivity contribution in [2.45, 2.75) is 19.6 Å². The van der Waals surface area contributed by atoms with E-state index in [4.69, 9.17) is 9.79 Å².